The van der Waals surface area contributed by atoms with Crippen LogP contribution in [0.5, 0.6) is 17.2 Å². The van der Waals surface area contributed by atoms with Crippen molar-refractivity contribution in [2.24, 2.45) is 0 Å². The zero-order valence-corrected chi connectivity index (χ0v) is 26.4. The summed E-state index contributed by atoms with van der Waals surface area (Å²) in [5, 5.41) is 13.5. The monoisotopic (exact) mass is 538 g/mol. The van der Waals surface area contributed by atoms with E-state index in [1.807, 2.05) is 51.2 Å². The summed E-state index contributed by atoms with van der Waals surface area (Å²) in [6, 6.07) is 11.0. The molecule has 0 aliphatic carbocycles. The van der Waals surface area contributed by atoms with Gasteiger partial charge in [-0.2, -0.15) is 0 Å². The Morgan fingerprint density at radius 3 is 2.11 bits per heavy atom. The molecule has 8 nitrogen and oxygen atoms in total. The molecule has 3 rings (SSSR count). The number of Topliss-reactive ketones (excluding diaryl/α,β-unsaturated/α-hetero) is 2. The van der Waals surface area contributed by atoms with Crippen LogP contribution in [0.2, 0.25) is 0 Å². The minimum absolute atomic E-state index is 0. The Balaban J connectivity index is 0.00000145. The third-order valence-electron chi connectivity index (χ3n) is 5.15. The molecule has 0 bridgehead atoms. The van der Waals surface area contributed by atoms with Crippen molar-refractivity contribution in [3.63, 3.8) is 0 Å². The van der Waals surface area contributed by atoms with Crippen molar-refractivity contribution in [1.82, 2.24) is 10.3 Å². The number of H-pyrrole nitrogens is 1. The molecule has 0 aliphatic heterocycles. The van der Waals surface area contributed by atoms with Crippen LogP contribution in [0.1, 0.15) is 49.5 Å². The van der Waals surface area contributed by atoms with E-state index in [-0.39, 0.29) is 82.6 Å². The number of fused-ring (bicyclic) bond motifs is 1. The fourth-order valence-electron chi connectivity index (χ4n) is 3.36. The normalized spacial score (nSPS) is 9.70. The zero-order valence-electron chi connectivity index (χ0n) is 23.2. The minimum Gasteiger partial charge on any atom is -0.854 e. The molecule has 0 spiro atoms. The van der Waals surface area contributed by atoms with E-state index in [1.54, 1.807) is 12.1 Å². The van der Waals surface area contributed by atoms with Gasteiger partial charge in [-0.15, -0.1) is 6.61 Å². The van der Waals surface area contributed by atoms with Gasteiger partial charge in [0.05, 0.1) is 34.4 Å². The molecule has 0 unspecified atom stereocenters. The van der Waals surface area contributed by atoms with Crippen molar-refractivity contribution < 1.29 is 80.3 Å². The molecule has 0 radical (unpaired) electrons. The van der Waals surface area contributed by atoms with Gasteiger partial charge in [0.25, 0.3) is 0 Å². The van der Waals surface area contributed by atoms with E-state index in [2.05, 4.69) is 10.3 Å². The molecular formula is C28H39KN2O6. The maximum atomic E-state index is 12.5. The van der Waals surface area contributed by atoms with Crippen molar-refractivity contribution in [2.45, 2.75) is 40.0 Å². The smallest absolute Gasteiger partial charge is 0.854 e. The molecule has 2 aromatic carbocycles. The van der Waals surface area contributed by atoms with Gasteiger partial charge in [0, 0.05) is 29.1 Å². The van der Waals surface area contributed by atoms with E-state index in [0.717, 1.165) is 29.3 Å². The molecular weight excluding hydrogens is 499 g/mol. The minimum atomic E-state index is -0.177. The van der Waals surface area contributed by atoms with E-state index in [0.29, 0.717) is 29.2 Å². The second-order valence-electron chi connectivity index (χ2n) is 7.57. The first kappa shape index (κ1) is 35.3. The molecule has 0 fully saturated rings. The van der Waals surface area contributed by atoms with Gasteiger partial charge in [0.1, 0.15) is 0 Å². The summed E-state index contributed by atoms with van der Waals surface area (Å²) < 4.78 is 15.8. The molecule has 0 saturated carbocycles. The van der Waals surface area contributed by atoms with Crippen molar-refractivity contribution in [2.75, 3.05) is 41.0 Å². The summed E-state index contributed by atoms with van der Waals surface area (Å²) in [6.45, 7) is 6.24. The third kappa shape index (κ3) is 11.3. The van der Waals surface area contributed by atoms with Gasteiger partial charge in [-0.05, 0) is 23.8 Å². The van der Waals surface area contributed by atoms with E-state index >= 15 is 0 Å². The summed E-state index contributed by atoms with van der Waals surface area (Å²) in [7, 11) is 4.49. The van der Waals surface area contributed by atoms with Crippen molar-refractivity contribution in [3.05, 3.63) is 53.7 Å². The predicted molar refractivity (Wildman–Crippen MR) is 141 cm³/mol. The Morgan fingerprint density at radius 2 is 1.59 bits per heavy atom. The Bertz CT molecular complexity index is 1060. The summed E-state index contributed by atoms with van der Waals surface area (Å²) in [6.07, 6.45) is 4.02. The van der Waals surface area contributed by atoms with Crippen molar-refractivity contribution >= 4 is 22.5 Å². The average Bonchev–Trinajstić information content (AvgIpc) is 3.32. The molecule has 3 aromatic rings. The first-order valence-electron chi connectivity index (χ1n) is 12.2. The van der Waals surface area contributed by atoms with Gasteiger partial charge in [0.15, 0.2) is 23.1 Å². The number of ether oxygens (including phenoxy) is 3. The fraction of sp³-hybridized carbons (Fsp3) is 0.429. The Labute approximate surface area is 262 Å². The summed E-state index contributed by atoms with van der Waals surface area (Å²) >= 11 is 0. The van der Waals surface area contributed by atoms with Crippen LogP contribution in [0.4, 0.5) is 0 Å². The van der Waals surface area contributed by atoms with Crippen LogP contribution in [0.3, 0.4) is 0 Å². The first-order valence-corrected chi connectivity index (χ1v) is 12.2. The number of carbonyl (C=O) groups excluding carboxylic acids is 2. The zero-order chi connectivity index (χ0) is 26.9. The van der Waals surface area contributed by atoms with Crippen molar-refractivity contribution in [3.8, 4) is 17.2 Å². The summed E-state index contributed by atoms with van der Waals surface area (Å²) in [4.78, 5) is 28.0. The molecule has 0 amide bonds. The largest absolute Gasteiger partial charge is 1.00 e. The maximum absolute atomic E-state index is 12.5. The van der Waals surface area contributed by atoms with Crippen LogP contribution in [0, 0.1) is 0 Å². The summed E-state index contributed by atoms with van der Waals surface area (Å²) in [5.74, 6) is 1.07. The van der Waals surface area contributed by atoms with E-state index in [1.165, 1.54) is 21.3 Å². The molecule has 9 heteroatoms. The molecule has 0 atom stereocenters. The average molecular weight is 539 g/mol. The number of carbonyl (C=O) groups is 2. The number of para-hydroxylation sites is 1. The van der Waals surface area contributed by atoms with Crippen LogP contribution in [-0.2, 0) is 11.2 Å². The maximum Gasteiger partial charge on any atom is 1.00 e. The van der Waals surface area contributed by atoms with E-state index in [9.17, 15) is 14.7 Å². The van der Waals surface area contributed by atoms with Crippen LogP contribution in [-0.4, -0.2) is 57.6 Å². The number of benzene rings is 2. The Hall–Kier alpha value is -1.72. The van der Waals surface area contributed by atoms with Crippen LogP contribution in [0.15, 0.2) is 42.6 Å². The van der Waals surface area contributed by atoms with Gasteiger partial charge >= 0.3 is 51.4 Å². The van der Waals surface area contributed by atoms with Crippen LogP contribution in [0.25, 0.3) is 10.9 Å². The number of hydrogen-bond acceptors (Lipinski definition) is 7. The Morgan fingerprint density at radius 1 is 0.973 bits per heavy atom. The SMILES string of the molecule is CC.CCCC[O-].COc1cc(C(=O)CNCC(=O)Cc2c[nH]c3ccccc23)cc(OC)c1OC.[K+]. The third-order valence-corrected chi connectivity index (χ3v) is 5.15. The molecule has 1 heterocycles. The van der Waals surface area contributed by atoms with E-state index < -0.39 is 0 Å². The van der Waals surface area contributed by atoms with Crippen molar-refractivity contribution in [1.29, 1.82) is 0 Å². The van der Waals surface area contributed by atoms with Gasteiger partial charge in [0.2, 0.25) is 5.75 Å². The number of rotatable bonds is 12. The van der Waals surface area contributed by atoms with Gasteiger partial charge in [-0.3, -0.25) is 9.59 Å². The predicted octanol–water partition coefficient (Wildman–Crippen LogP) is 0.955. The molecule has 0 aliphatic rings. The number of nitrogens with one attached hydrogen (secondary N) is 2. The molecule has 198 valence electrons. The topological polar surface area (TPSA) is 113 Å². The standard InChI is InChI=1S/C22H24N2O5.C4H9O.C2H6.K/c1-27-20-9-14(10-21(28-2)22(20)29-3)19(26)13-23-12-16(25)8-15-11-24-18-7-5-4-6-17(15)18;1-2-3-4-5;1-2;/h4-7,9-11,23-24H,8,12-13H2,1-3H3;2-4H2,1H3;1-2H3;/q;-1;;+1. The molecule has 1 aromatic heterocycles. The number of aromatic amines is 1. The van der Waals surface area contributed by atoms with Crippen LogP contribution >= 0.6 is 0 Å². The second kappa shape index (κ2) is 20.3. The number of unbranched alkanes of at least 4 members (excludes halogenated alkanes) is 1. The molecule has 2 N–H and O–H groups in total. The van der Waals surface area contributed by atoms with Gasteiger partial charge in [-0.1, -0.05) is 51.8 Å². The Kier molecular flexibility index (Phi) is 19.3. The van der Waals surface area contributed by atoms with Gasteiger partial charge in [-0.25, -0.2) is 0 Å². The fourth-order valence-corrected chi connectivity index (χ4v) is 3.36. The molecule has 0 saturated heterocycles. The first-order chi connectivity index (χ1) is 17.5. The van der Waals surface area contributed by atoms with Crippen LogP contribution < -0.4 is 76.0 Å². The van der Waals surface area contributed by atoms with Gasteiger partial charge < -0.3 is 29.6 Å². The second-order valence-corrected chi connectivity index (χ2v) is 7.57. The summed E-state index contributed by atoms with van der Waals surface area (Å²) in [5.41, 5.74) is 2.36. The number of aromatic nitrogens is 1. The number of ketones is 2. The number of hydrogen-bond donors (Lipinski definition) is 2. The van der Waals surface area contributed by atoms with E-state index in [4.69, 9.17) is 14.2 Å². The number of methoxy groups -OCH3 is 3. The molecule has 37 heavy (non-hydrogen) atoms. The quantitative estimate of drug-likeness (QED) is 0.261.